The molecule has 126 valence electrons. The highest BCUT2D eigenvalue weighted by Crippen LogP contribution is 2.11. The van der Waals surface area contributed by atoms with Crippen molar-refractivity contribution in [3.05, 3.63) is 59.4 Å². The molecule has 2 N–H and O–H groups in total. The minimum atomic E-state index is -0.297. The molecule has 6 nitrogen and oxygen atoms in total. The van der Waals surface area contributed by atoms with Crippen LogP contribution in [0.25, 0.3) is 0 Å². The van der Waals surface area contributed by atoms with Crippen molar-refractivity contribution >= 4 is 17.5 Å². The van der Waals surface area contributed by atoms with E-state index in [2.05, 4.69) is 15.6 Å². The number of nitrogens with one attached hydrogen (secondary N) is 2. The molecule has 1 aromatic carbocycles. The second kappa shape index (κ2) is 8.21. The van der Waals surface area contributed by atoms with Gasteiger partial charge in [-0.05, 0) is 39.2 Å². The summed E-state index contributed by atoms with van der Waals surface area (Å²) >= 11 is 0. The van der Waals surface area contributed by atoms with Gasteiger partial charge >= 0.3 is 0 Å². The van der Waals surface area contributed by atoms with Crippen LogP contribution in [-0.2, 0) is 0 Å². The average Bonchev–Trinajstić information content (AvgIpc) is 2.56. The second-order valence-corrected chi connectivity index (χ2v) is 5.84. The monoisotopic (exact) mass is 326 g/mol. The summed E-state index contributed by atoms with van der Waals surface area (Å²) in [6, 6.07) is 9.05. The Balaban J connectivity index is 2.02. The van der Waals surface area contributed by atoms with Crippen LogP contribution in [-0.4, -0.2) is 48.9 Å². The Morgan fingerprint density at radius 2 is 1.67 bits per heavy atom. The van der Waals surface area contributed by atoms with E-state index in [0.29, 0.717) is 23.4 Å². The number of pyridine rings is 1. The number of rotatable bonds is 6. The summed E-state index contributed by atoms with van der Waals surface area (Å²) in [4.78, 5) is 30.4. The average molecular weight is 326 g/mol. The Kier molecular flexibility index (Phi) is 6.03. The molecule has 0 bridgehead atoms. The Morgan fingerprint density at radius 3 is 2.29 bits per heavy atom. The summed E-state index contributed by atoms with van der Waals surface area (Å²) in [5.74, 6) is -0.538. The molecule has 0 spiro atoms. The third kappa shape index (κ3) is 5.17. The summed E-state index contributed by atoms with van der Waals surface area (Å²) in [5, 5.41) is 5.59. The summed E-state index contributed by atoms with van der Waals surface area (Å²) in [5.41, 5.74) is 2.53. The standard InChI is InChI=1S/C18H22N4O2/c1-13-4-6-16(7-5-13)21-18(24)15-10-14(11-19-12-15)17(23)20-8-9-22(2)3/h4-7,10-12H,8-9H2,1-3H3,(H,20,23)(H,21,24). The zero-order chi connectivity index (χ0) is 17.5. The molecule has 1 heterocycles. The summed E-state index contributed by atoms with van der Waals surface area (Å²) in [6.45, 7) is 3.26. The molecule has 0 aliphatic heterocycles. The van der Waals surface area contributed by atoms with Gasteiger partial charge in [-0.15, -0.1) is 0 Å². The van der Waals surface area contributed by atoms with E-state index in [1.54, 1.807) is 6.07 Å². The third-order valence-electron chi connectivity index (χ3n) is 3.42. The van der Waals surface area contributed by atoms with Gasteiger partial charge < -0.3 is 15.5 Å². The molecule has 0 radical (unpaired) electrons. The first-order valence-electron chi connectivity index (χ1n) is 7.71. The van der Waals surface area contributed by atoms with E-state index < -0.39 is 0 Å². The van der Waals surface area contributed by atoms with Gasteiger partial charge in [0.2, 0.25) is 0 Å². The number of anilines is 1. The van der Waals surface area contributed by atoms with E-state index in [4.69, 9.17) is 0 Å². The van der Waals surface area contributed by atoms with Crippen molar-refractivity contribution in [2.24, 2.45) is 0 Å². The molecule has 2 rings (SSSR count). The van der Waals surface area contributed by atoms with Gasteiger partial charge in [0, 0.05) is 31.2 Å². The van der Waals surface area contributed by atoms with Gasteiger partial charge in [0.05, 0.1) is 11.1 Å². The first-order chi connectivity index (χ1) is 11.5. The molecule has 0 aliphatic rings. The van der Waals surface area contributed by atoms with Gasteiger partial charge in [-0.1, -0.05) is 17.7 Å². The van der Waals surface area contributed by atoms with Crippen LogP contribution in [0.4, 0.5) is 5.69 Å². The van der Waals surface area contributed by atoms with E-state index in [9.17, 15) is 9.59 Å². The minimum absolute atomic E-state index is 0.241. The van der Waals surface area contributed by atoms with Gasteiger partial charge in [0.1, 0.15) is 0 Å². The van der Waals surface area contributed by atoms with Crippen molar-refractivity contribution in [3.8, 4) is 0 Å². The fraction of sp³-hybridized carbons (Fsp3) is 0.278. The van der Waals surface area contributed by atoms with Crippen molar-refractivity contribution in [2.75, 3.05) is 32.5 Å². The molecule has 0 fully saturated rings. The van der Waals surface area contributed by atoms with Crippen LogP contribution < -0.4 is 10.6 Å². The van der Waals surface area contributed by atoms with E-state index in [0.717, 1.165) is 12.1 Å². The molecule has 0 saturated carbocycles. The highest BCUT2D eigenvalue weighted by Gasteiger charge is 2.11. The van der Waals surface area contributed by atoms with E-state index in [1.165, 1.54) is 12.4 Å². The number of amides is 2. The number of likely N-dealkylation sites (N-methyl/N-ethyl adjacent to an activating group) is 1. The largest absolute Gasteiger partial charge is 0.351 e. The lowest BCUT2D eigenvalue weighted by molar-refractivity contribution is 0.0950. The lowest BCUT2D eigenvalue weighted by Gasteiger charge is -2.11. The maximum absolute atomic E-state index is 12.3. The third-order valence-corrected chi connectivity index (χ3v) is 3.42. The van der Waals surface area contributed by atoms with Crippen molar-refractivity contribution in [3.63, 3.8) is 0 Å². The van der Waals surface area contributed by atoms with Gasteiger partial charge in [0.25, 0.3) is 11.8 Å². The normalized spacial score (nSPS) is 10.5. The maximum Gasteiger partial charge on any atom is 0.257 e. The van der Waals surface area contributed by atoms with Crippen molar-refractivity contribution in [2.45, 2.75) is 6.92 Å². The molecule has 6 heteroatoms. The Bertz CT molecular complexity index is 711. The maximum atomic E-state index is 12.3. The quantitative estimate of drug-likeness (QED) is 0.851. The zero-order valence-electron chi connectivity index (χ0n) is 14.2. The summed E-state index contributed by atoms with van der Waals surface area (Å²) in [6.07, 6.45) is 2.90. The number of hydrogen-bond donors (Lipinski definition) is 2. The fourth-order valence-corrected chi connectivity index (χ4v) is 2.02. The molecular formula is C18H22N4O2. The summed E-state index contributed by atoms with van der Waals surface area (Å²) < 4.78 is 0. The van der Waals surface area contributed by atoms with Crippen molar-refractivity contribution < 1.29 is 9.59 Å². The molecule has 24 heavy (non-hydrogen) atoms. The molecule has 2 amide bonds. The number of hydrogen-bond acceptors (Lipinski definition) is 4. The topological polar surface area (TPSA) is 74.3 Å². The Labute approximate surface area is 141 Å². The van der Waals surface area contributed by atoms with E-state index in [1.807, 2.05) is 50.2 Å². The molecule has 2 aromatic rings. The SMILES string of the molecule is Cc1ccc(NC(=O)c2cncc(C(=O)NCCN(C)C)c2)cc1. The van der Waals surface area contributed by atoms with Gasteiger partial charge in [0.15, 0.2) is 0 Å². The van der Waals surface area contributed by atoms with Crippen LogP contribution >= 0.6 is 0 Å². The molecule has 1 aromatic heterocycles. The Morgan fingerprint density at radius 1 is 1.04 bits per heavy atom. The summed E-state index contributed by atoms with van der Waals surface area (Å²) in [7, 11) is 3.87. The lowest BCUT2D eigenvalue weighted by Crippen LogP contribution is -2.31. The zero-order valence-corrected chi connectivity index (χ0v) is 14.2. The molecule has 0 unspecified atom stereocenters. The molecule has 0 atom stereocenters. The van der Waals surface area contributed by atoms with Crippen LogP contribution in [0.15, 0.2) is 42.7 Å². The van der Waals surface area contributed by atoms with Gasteiger partial charge in [-0.2, -0.15) is 0 Å². The molecular weight excluding hydrogens is 304 g/mol. The van der Waals surface area contributed by atoms with E-state index >= 15 is 0 Å². The van der Waals surface area contributed by atoms with Crippen LogP contribution in [0.1, 0.15) is 26.3 Å². The predicted molar refractivity (Wildman–Crippen MR) is 94.3 cm³/mol. The molecule has 0 aliphatic carbocycles. The van der Waals surface area contributed by atoms with Crippen LogP contribution in [0.2, 0.25) is 0 Å². The van der Waals surface area contributed by atoms with Crippen LogP contribution in [0.5, 0.6) is 0 Å². The smallest absolute Gasteiger partial charge is 0.257 e. The van der Waals surface area contributed by atoms with Crippen LogP contribution in [0, 0.1) is 6.92 Å². The lowest BCUT2D eigenvalue weighted by atomic mass is 10.1. The van der Waals surface area contributed by atoms with Crippen molar-refractivity contribution in [1.82, 2.24) is 15.2 Å². The first-order valence-corrected chi connectivity index (χ1v) is 7.71. The minimum Gasteiger partial charge on any atom is -0.351 e. The first kappa shape index (κ1) is 17.6. The van der Waals surface area contributed by atoms with Crippen LogP contribution in [0.3, 0.4) is 0 Å². The highest BCUT2D eigenvalue weighted by molar-refractivity contribution is 6.05. The number of aromatic nitrogens is 1. The Hall–Kier alpha value is -2.73. The number of carbonyl (C=O) groups excluding carboxylic acids is 2. The van der Waals surface area contributed by atoms with Crippen molar-refractivity contribution in [1.29, 1.82) is 0 Å². The predicted octanol–water partition coefficient (Wildman–Crippen LogP) is 1.93. The van der Waals surface area contributed by atoms with E-state index in [-0.39, 0.29) is 11.8 Å². The number of aryl methyl sites for hydroxylation is 1. The van der Waals surface area contributed by atoms with Gasteiger partial charge in [-0.25, -0.2) is 0 Å². The molecule has 0 saturated heterocycles. The highest BCUT2D eigenvalue weighted by atomic mass is 16.2. The fourth-order valence-electron chi connectivity index (χ4n) is 2.02. The second-order valence-electron chi connectivity index (χ2n) is 5.84. The number of benzene rings is 1. The van der Waals surface area contributed by atoms with Gasteiger partial charge in [-0.3, -0.25) is 14.6 Å². The number of nitrogens with zero attached hydrogens (tertiary/aromatic N) is 2. The number of carbonyl (C=O) groups is 2.